The maximum Gasteiger partial charge on any atom is 0.308 e. The first-order valence-corrected chi connectivity index (χ1v) is 9.22. The van der Waals surface area contributed by atoms with E-state index in [1.807, 2.05) is 13.8 Å². The molecule has 1 saturated carbocycles. The van der Waals surface area contributed by atoms with Crippen LogP contribution in [0, 0.1) is 11.3 Å². The first-order chi connectivity index (χ1) is 11.5. The van der Waals surface area contributed by atoms with Gasteiger partial charge in [0.1, 0.15) is 0 Å². The van der Waals surface area contributed by atoms with E-state index in [9.17, 15) is 14.7 Å². The number of hydrogen-bond acceptors (Lipinski definition) is 5. The minimum atomic E-state index is -1.03. The molecule has 2 fully saturated rings. The van der Waals surface area contributed by atoms with Gasteiger partial charge in [0.05, 0.1) is 36.3 Å². The van der Waals surface area contributed by atoms with E-state index in [0.717, 1.165) is 31.3 Å². The molecule has 0 aromatic carbocycles. The van der Waals surface area contributed by atoms with Crippen LogP contribution in [0.25, 0.3) is 0 Å². The summed E-state index contributed by atoms with van der Waals surface area (Å²) in [6.07, 6.45) is 5.66. The minimum absolute atomic E-state index is 0.000459. The standard InChI is InChI=1S/C20H30O5/c1-13-11-14(21)16-18(3,7-6-8-19(16,4)23)20(13)10-9-17(2,25-20)12-15(22)24-5/h11,16,23H,6-10,12H2,1-5H3/t16-,17+,18+,19+,20-/m1/s1. The molecule has 1 spiro atoms. The van der Waals surface area contributed by atoms with Gasteiger partial charge in [0.2, 0.25) is 0 Å². The zero-order valence-corrected chi connectivity index (χ0v) is 16.0. The minimum Gasteiger partial charge on any atom is -0.469 e. The number of ether oxygens (including phenoxy) is 2. The van der Waals surface area contributed by atoms with Crippen molar-refractivity contribution < 1.29 is 24.2 Å². The molecule has 0 unspecified atom stereocenters. The molecule has 5 heteroatoms. The second-order valence-corrected chi connectivity index (χ2v) is 8.92. The Balaban J connectivity index is 2.05. The van der Waals surface area contributed by atoms with Crippen molar-refractivity contribution in [3.8, 4) is 0 Å². The lowest BCUT2D eigenvalue weighted by Gasteiger charge is -2.59. The highest BCUT2D eigenvalue weighted by Crippen LogP contribution is 2.63. The summed E-state index contributed by atoms with van der Waals surface area (Å²) in [4.78, 5) is 24.7. The van der Waals surface area contributed by atoms with Crippen molar-refractivity contribution >= 4 is 11.8 Å². The van der Waals surface area contributed by atoms with E-state index in [2.05, 4.69) is 6.92 Å². The van der Waals surface area contributed by atoms with Gasteiger partial charge in [0.15, 0.2) is 5.78 Å². The van der Waals surface area contributed by atoms with Crippen molar-refractivity contribution in [1.82, 2.24) is 0 Å². The van der Waals surface area contributed by atoms with Crippen LogP contribution in [0.1, 0.15) is 66.2 Å². The van der Waals surface area contributed by atoms with E-state index in [4.69, 9.17) is 9.47 Å². The summed E-state index contributed by atoms with van der Waals surface area (Å²) >= 11 is 0. The van der Waals surface area contributed by atoms with Crippen LogP contribution in [0.15, 0.2) is 11.6 Å². The molecule has 1 saturated heterocycles. The molecule has 0 aromatic rings. The molecule has 1 N–H and O–H groups in total. The van der Waals surface area contributed by atoms with E-state index >= 15 is 0 Å². The highest BCUT2D eigenvalue weighted by molar-refractivity contribution is 5.96. The van der Waals surface area contributed by atoms with Gasteiger partial charge >= 0.3 is 5.97 Å². The maximum atomic E-state index is 12.8. The quantitative estimate of drug-likeness (QED) is 0.775. The van der Waals surface area contributed by atoms with Gasteiger partial charge < -0.3 is 14.6 Å². The van der Waals surface area contributed by atoms with Crippen molar-refractivity contribution in [3.05, 3.63) is 11.6 Å². The monoisotopic (exact) mass is 350 g/mol. The number of hydrogen-bond donors (Lipinski definition) is 1. The number of aliphatic hydroxyl groups is 1. The first kappa shape index (κ1) is 18.6. The van der Waals surface area contributed by atoms with Gasteiger partial charge in [-0.25, -0.2) is 0 Å². The van der Waals surface area contributed by atoms with E-state index in [1.165, 1.54) is 7.11 Å². The molecule has 1 aliphatic heterocycles. The normalized spacial score (nSPS) is 46.7. The Morgan fingerprint density at radius 2 is 1.96 bits per heavy atom. The maximum absolute atomic E-state index is 12.8. The molecule has 0 amide bonds. The predicted octanol–water partition coefficient (Wildman–Crippen LogP) is 2.94. The Kier molecular flexibility index (Phi) is 4.20. The molecule has 0 bridgehead atoms. The summed E-state index contributed by atoms with van der Waals surface area (Å²) in [5, 5.41) is 11.0. The van der Waals surface area contributed by atoms with Crippen LogP contribution in [0.3, 0.4) is 0 Å². The van der Waals surface area contributed by atoms with E-state index in [-0.39, 0.29) is 18.2 Å². The van der Waals surface area contributed by atoms with Crippen molar-refractivity contribution in [2.75, 3.05) is 7.11 Å². The van der Waals surface area contributed by atoms with Gasteiger partial charge in [-0.15, -0.1) is 0 Å². The fraction of sp³-hybridized carbons (Fsp3) is 0.800. The van der Waals surface area contributed by atoms with Crippen LogP contribution in [0.5, 0.6) is 0 Å². The first-order valence-electron chi connectivity index (χ1n) is 9.22. The summed E-state index contributed by atoms with van der Waals surface area (Å²) < 4.78 is 11.5. The smallest absolute Gasteiger partial charge is 0.308 e. The van der Waals surface area contributed by atoms with Crippen LogP contribution >= 0.6 is 0 Å². The molecule has 3 aliphatic rings. The molecule has 0 aromatic heterocycles. The summed E-state index contributed by atoms with van der Waals surface area (Å²) in [5.74, 6) is -0.760. The second-order valence-electron chi connectivity index (χ2n) is 8.92. The number of fused-ring (bicyclic) bond motifs is 2. The van der Waals surface area contributed by atoms with E-state index in [0.29, 0.717) is 6.42 Å². The number of allylic oxidation sites excluding steroid dienone is 1. The number of carbonyl (C=O) groups is 2. The van der Waals surface area contributed by atoms with Gasteiger partial charge in [-0.05, 0) is 64.5 Å². The van der Waals surface area contributed by atoms with E-state index < -0.39 is 28.1 Å². The Morgan fingerprint density at radius 3 is 2.60 bits per heavy atom. The second kappa shape index (κ2) is 5.65. The van der Waals surface area contributed by atoms with Crippen LogP contribution in [0.2, 0.25) is 0 Å². The number of rotatable bonds is 2. The predicted molar refractivity (Wildman–Crippen MR) is 92.9 cm³/mol. The average molecular weight is 350 g/mol. The molecule has 1 heterocycles. The third-order valence-electron chi connectivity index (χ3n) is 7.01. The van der Waals surface area contributed by atoms with Gasteiger partial charge in [-0.2, -0.15) is 0 Å². The Bertz CT molecular complexity index is 636. The summed E-state index contributed by atoms with van der Waals surface area (Å²) in [6.45, 7) is 7.76. The molecular weight excluding hydrogens is 320 g/mol. The fourth-order valence-electron chi connectivity index (χ4n) is 5.85. The molecule has 3 rings (SSSR count). The van der Waals surface area contributed by atoms with Crippen molar-refractivity contribution in [1.29, 1.82) is 0 Å². The van der Waals surface area contributed by atoms with Crippen molar-refractivity contribution in [3.63, 3.8) is 0 Å². The Hall–Kier alpha value is -1.20. The average Bonchev–Trinajstić information content (AvgIpc) is 2.84. The lowest BCUT2D eigenvalue weighted by molar-refractivity contribution is -0.208. The van der Waals surface area contributed by atoms with E-state index in [1.54, 1.807) is 13.0 Å². The molecule has 25 heavy (non-hydrogen) atoms. The highest BCUT2D eigenvalue weighted by Gasteiger charge is 2.67. The Morgan fingerprint density at radius 1 is 1.28 bits per heavy atom. The third-order valence-corrected chi connectivity index (χ3v) is 7.01. The van der Waals surface area contributed by atoms with Crippen molar-refractivity contribution in [2.24, 2.45) is 11.3 Å². The van der Waals surface area contributed by atoms with Gasteiger partial charge in [0, 0.05) is 5.41 Å². The zero-order valence-electron chi connectivity index (χ0n) is 16.0. The fourth-order valence-corrected chi connectivity index (χ4v) is 5.85. The van der Waals surface area contributed by atoms with Crippen LogP contribution in [0.4, 0.5) is 0 Å². The van der Waals surface area contributed by atoms with Gasteiger partial charge in [-0.3, -0.25) is 9.59 Å². The number of methoxy groups -OCH3 is 1. The Labute approximate surface area is 149 Å². The van der Waals surface area contributed by atoms with Gasteiger partial charge in [0.25, 0.3) is 0 Å². The SMILES string of the molecule is COC(=O)C[C@]1(C)CC[C@@]2(O1)C(C)=CC(=O)[C@H]1[C@@](C)(O)CCC[C@@]12C. The molecule has 140 valence electrons. The summed E-state index contributed by atoms with van der Waals surface area (Å²) in [7, 11) is 1.39. The largest absolute Gasteiger partial charge is 0.469 e. The molecule has 5 atom stereocenters. The number of carbonyl (C=O) groups excluding carboxylic acids is 2. The molecule has 0 radical (unpaired) electrons. The summed E-state index contributed by atoms with van der Waals surface area (Å²) in [5.41, 5.74) is -1.81. The van der Waals surface area contributed by atoms with Crippen LogP contribution in [-0.4, -0.2) is 40.8 Å². The van der Waals surface area contributed by atoms with Crippen molar-refractivity contribution in [2.45, 2.75) is 83.0 Å². The van der Waals surface area contributed by atoms with Crippen LogP contribution in [-0.2, 0) is 19.1 Å². The lowest BCUT2D eigenvalue weighted by Crippen LogP contribution is -2.64. The third kappa shape index (κ3) is 2.58. The van der Waals surface area contributed by atoms with Gasteiger partial charge in [-0.1, -0.05) is 6.92 Å². The molecular formula is C20H30O5. The number of ketones is 1. The lowest BCUT2D eigenvalue weighted by atomic mass is 9.49. The highest BCUT2D eigenvalue weighted by atomic mass is 16.5. The molecule has 2 aliphatic carbocycles. The number of esters is 1. The van der Waals surface area contributed by atoms with Crippen LogP contribution < -0.4 is 0 Å². The molecule has 5 nitrogen and oxygen atoms in total. The topological polar surface area (TPSA) is 72.8 Å². The zero-order chi connectivity index (χ0) is 18.7. The summed E-state index contributed by atoms with van der Waals surface area (Å²) in [6, 6.07) is 0.